The Balaban J connectivity index is 0. The zero-order valence-electron chi connectivity index (χ0n) is 20.5. The molecule has 0 aliphatic heterocycles. The fourth-order valence-corrected chi connectivity index (χ4v) is 2.46. The number of aryl methyl sites for hydroxylation is 1. The van der Waals surface area contributed by atoms with Gasteiger partial charge in [0.25, 0.3) is 0 Å². The summed E-state index contributed by atoms with van der Waals surface area (Å²) in [5.74, 6) is -0.156. The molecule has 3 aromatic rings. The van der Waals surface area contributed by atoms with Crippen LogP contribution in [0.2, 0.25) is 0 Å². The van der Waals surface area contributed by atoms with E-state index in [1.54, 1.807) is 18.2 Å². The quantitative estimate of drug-likeness (QED) is 0.457. The minimum atomic E-state index is -0.375. The highest BCUT2D eigenvalue weighted by Crippen LogP contribution is 2.25. The molecule has 0 saturated heterocycles. The van der Waals surface area contributed by atoms with Crippen molar-refractivity contribution >= 4 is 12.7 Å². The van der Waals surface area contributed by atoms with Crippen LogP contribution in [0.1, 0.15) is 68.9 Å². The molecule has 3 aromatic carbocycles. The first-order chi connectivity index (χ1) is 15.4. The standard InChI is InChI=1S/C15H15F.C8H9NO.2C2H6.CH2O/c1-11(2)13-8-9-14(15(16)10-13)12-6-4-3-5-7-12;1-6-2-4-7(5-3-6)8(9)10;3*1-2/h3-11H,1-2H3;2-5H,1H3,(H2,9,10);2*1-2H3;1H2. The third kappa shape index (κ3) is 11.2. The number of hydrogen-bond donors (Lipinski definition) is 1. The normalized spacial score (nSPS) is 8.78. The first-order valence-electron chi connectivity index (χ1n) is 10.9. The van der Waals surface area contributed by atoms with Crippen LogP contribution in [-0.2, 0) is 4.79 Å². The minimum Gasteiger partial charge on any atom is -0.366 e. The summed E-state index contributed by atoms with van der Waals surface area (Å²) in [4.78, 5) is 18.5. The predicted octanol–water partition coefficient (Wildman–Crippen LogP) is 7.58. The molecule has 1 amide bonds. The number of carbonyl (C=O) groups is 2. The summed E-state index contributed by atoms with van der Waals surface area (Å²) in [6.07, 6.45) is 0. The van der Waals surface area contributed by atoms with Crippen molar-refractivity contribution < 1.29 is 14.0 Å². The van der Waals surface area contributed by atoms with Gasteiger partial charge in [-0.15, -0.1) is 0 Å². The lowest BCUT2D eigenvalue weighted by atomic mass is 9.98. The Bertz CT molecular complexity index is 876. The molecular formula is C28H38FNO2. The van der Waals surface area contributed by atoms with Gasteiger partial charge in [0.1, 0.15) is 12.6 Å². The van der Waals surface area contributed by atoms with Crippen LogP contribution in [0.3, 0.4) is 0 Å². The molecule has 32 heavy (non-hydrogen) atoms. The van der Waals surface area contributed by atoms with Crippen LogP contribution < -0.4 is 5.73 Å². The predicted molar refractivity (Wildman–Crippen MR) is 135 cm³/mol. The maximum absolute atomic E-state index is 13.9. The van der Waals surface area contributed by atoms with Gasteiger partial charge in [-0.3, -0.25) is 4.79 Å². The number of primary amides is 1. The molecule has 3 rings (SSSR count). The molecule has 0 aromatic heterocycles. The number of benzene rings is 3. The molecule has 0 radical (unpaired) electrons. The molecule has 0 aliphatic carbocycles. The van der Waals surface area contributed by atoms with Crippen LogP contribution >= 0.6 is 0 Å². The Morgan fingerprint density at radius 3 is 1.75 bits per heavy atom. The summed E-state index contributed by atoms with van der Waals surface area (Å²) in [5.41, 5.74) is 9.35. The van der Waals surface area contributed by atoms with Crippen molar-refractivity contribution in [3.63, 3.8) is 0 Å². The van der Waals surface area contributed by atoms with Crippen LogP contribution in [0.4, 0.5) is 4.39 Å². The van der Waals surface area contributed by atoms with E-state index in [4.69, 9.17) is 10.5 Å². The maximum atomic E-state index is 13.9. The highest BCUT2D eigenvalue weighted by atomic mass is 19.1. The minimum absolute atomic E-state index is 0.141. The monoisotopic (exact) mass is 439 g/mol. The second-order valence-corrected chi connectivity index (χ2v) is 6.49. The van der Waals surface area contributed by atoms with Gasteiger partial charge >= 0.3 is 0 Å². The maximum Gasteiger partial charge on any atom is 0.248 e. The van der Waals surface area contributed by atoms with Crippen LogP contribution in [0, 0.1) is 12.7 Å². The van der Waals surface area contributed by atoms with E-state index in [2.05, 4.69) is 13.8 Å². The summed E-state index contributed by atoms with van der Waals surface area (Å²) in [6.45, 7) is 16.1. The zero-order chi connectivity index (χ0) is 25.1. The lowest BCUT2D eigenvalue weighted by molar-refractivity contribution is -0.0980. The summed E-state index contributed by atoms with van der Waals surface area (Å²) in [6, 6.07) is 22.3. The van der Waals surface area contributed by atoms with E-state index in [1.807, 2.05) is 96.0 Å². The van der Waals surface area contributed by atoms with Gasteiger partial charge in [0.15, 0.2) is 0 Å². The molecule has 0 bridgehead atoms. The summed E-state index contributed by atoms with van der Waals surface area (Å²) < 4.78 is 13.9. The first-order valence-corrected chi connectivity index (χ1v) is 10.9. The summed E-state index contributed by atoms with van der Waals surface area (Å²) >= 11 is 0. The van der Waals surface area contributed by atoms with Gasteiger partial charge in [-0.2, -0.15) is 0 Å². The van der Waals surface area contributed by atoms with Crippen LogP contribution in [0.15, 0.2) is 72.8 Å². The molecule has 2 N–H and O–H groups in total. The SMILES string of the molecule is C=O.CC.CC.CC(C)c1ccc(-c2ccccc2)c(F)c1.Cc1ccc(C(N)=O)cc1. The topological polar surface area (TPSA) is 60.2 Å². The molecule has 174 valence electrons. The van der Waals surface area contributed by atoms with Crippen molar-refractivity contribution in [2.75, 3.05) is 0 Å². The molecule has 0 atom stereocenters. The van der Waals surface area contributed by atoms with Crippen molar-refractivity contribution in [1.82, 2.24) is 0 Å². The first kappa shape index (κ1) is 30.9. The summed E-state index contributed by atoms with van der Waals surface area (Å²) in [5, 5.41) is 0. The zero-order valence-corrected chi connectivity index (χ0v) is 20.5. The largest absolute Gasteiger partial charge is 0.366 e. The van der Waals surface area contributed by atoms with Crippen molar-refractivity contribution in [3.05, 3.63) is 95.3 Å². The number of carbonyl (C=O) groups excluding carboxylic acids is 2. The van der Waals surface area contributed by atoms with E-state index < -0.39 is 0 Å². The second kappa shape index (κ2) is 18.5. The van der Waals surface area contributed by atoms with Gasteiger partial charge < -0.3 is 10.5 Å². The molecule has 4 heteroatoms. The highest BCUT2D eigenvalue weighted by molar-refractivity contribution is 5.92. The second-order valence-electron chi connectivity index (χ2n) is 6.49. The van der Waals surface area contributed by atoms with Crippen LogP contribution in [0.5, 0.6) is 0 Å². The Labute approximate surface area is 193 Å². The van der Waals surface area contributed by atoms with Crippen molar-refractivity contribution in [3.8, 4) is 11.1 Å². The van der Waals surface area contributed by atoms with Gasteiger partial charge in [0.2, 0.25) is 5.91 Å². The average molecular weight is 440 g/mol. The number of rotatable bonds is 3. The number of nitrogens with two attached hydrogens (primary N) is 1. The Morgan fingerprint density at radius 1 is 0.844 bits per heavy atom. The van der Waals surface area contributed by atoms with E-state index >= 15 is 0 Å². The molecule has 0 fully saturated rings. The fourth-order valence-electron chi connectivity index (χ4n) is 2.46. The van der Waals surface area contributed by atoms with Gasteiger partial charge in [0, 0.05) is 11.1 Å². The van der Waals surface area contributed by atoms with E-state index in [9.17, 15) is 9.18 Å². The highest BCUT2D eigenvalue weighted by Gasteiger charge is 2.07. The Hall–Kier alpha value is -3.27. The fraction of sp³-hybridized carbons (Fsp3) is 0.286. The molecule has 0 saturated carbocycles. The summed E-state index contributed by atoms with van der Waals surface area (Å²) in [7, 11) is 0. The molecule has 0 heterocycles. The lowest BCUT2D eigenvalue weighted by Crippen LogP contribution is -2.10. The lowest BCUT2D eigenvalue weighted by Gasteiger charge is -2.08. The molecule has 0 spiro atoms. The molecule has 0 unspecified atom stereocenters. The van der Waals surface area contributed by atoms with E-state index in [0.717, 1.165) is 16.7 Å². The average Bonchev–Trinajstić information content (AvgIpc) is 2.84. The molecular weight excluding hydrogens is 401 g/mol. The Morgan fingerprint density at radius 2 is 1.34 bits per heavy atom. The van der Waals surface area contributed by atoms with E-state index in [1.165, 1.54) is 0 Å². The number of hydrogen-bond acceptors (Lipinski definition) is 2. The smallest absolute Gasteiger partial charge is 0.248 e. The van der Waals surface area contributed by atoms with Gasteiger partial charge in [-0.05, 0) is 42.2 Å². The molecule has 0 aliphatic rings. The van der Waals surface area contributed by atoms with E-state index in [-0.39, 0.29) is 11.7 Å². The van der Waals surface area contributed by atoms with Crippen molar-refractivity contribution in [2.24, 2.45) is 5.73 Å². The van der Waals surface area contributed by atoms with Crippen molar-refractivity contribution in [2.45, 2.75) is 54.4 Å². The molecule has 3 nitrogen and oxygen atoms in total. The van der Waals surface area contributed by atoms with Crippen LogP contribution in [0.25, 0.3) is 11.1 Å². The third-order valence-corrected chi connectivity index (χ3v) is 4.08. The number of halogens is 1. The van der Waals surface area contributed by atoms with Gasteiger partial charge in [-0.25, -0.2) is 4.39 Å². The number of amides is 1. The Kier molecular flexibility index (Phi) is 17.9. The third-order valence-electron chi connectivity index (χ3n) is 4.08. The van der Waals surface area contributed by atoms with E-state index in [0.29, 0.717) is 17.0 Å². The van der Waals surface area contributed by atoms with Crippen LogP contribution in [-0.4, -0.2) is 12.7 Å². The van der Waals surface area contributed by atoms with Gasteiger partial charge in [-0.1, -0.05) is 102 Å². The van der Waals surface area contributed by atoms with Crippen molar-refractivity contribution in [1.29, 1.82) is 0 Å². The van der Waals surface area contributed by atoms with Gasteiger partial charge in [0.05, 0.1) is 0 Å².